The number of aromatic nitrogens is 2. The summed E-state index contributed by atoms with van der Waals surface area (Å²) in [4.78, 5) is 32.0. The van der Waals surface area contributed by atoms with Crippen molar-refractivity contribution in [1.82, 2.24) is 19.8 Å². The van der Waals surface area contributed by atoms with Crippen LogP contribution in [0.25, 0.3) is 33.0 Å². The van der Waals surface area contributed by atoms with Crippen molar-refractivity contribution in [1.29, 1.82) is 0 Å². The number of nitrogens with zero attached hydrogens (tertiary/aromatic N) is 2. The van der Waals surface area contributed by atoms with E-state index in [2.05, 4.69) is 19.8 Å². The van der Waals surface area contributed by atoms with Gasteiger partial charge in [-0.1, -0.05) is 0 Å². The minimum Gasteiger partial charge on any atom is -0.454 e. The molecule has 0 spiro atoms. The largest absolute Gasteiger partial charge is 0.454 e. The van der Waals surface area contributed by atoms with E-state index in [1.54, 1.807) is 6.20 Å². The number of H-pyrrole nitrogens is 1. The summed E-state index contributed by atoms with van der Waals surface area (Å²) in [6.07, 6.45) is 4.59. The molecule has 3 aliphatic rings. The maximum atomic E-state index is 13.4. The molecule has 2 N–H and O–H groups in total. The van der Waals surface area contributed by atoms with E-state index in [-0.39, 0.29) is 19.2 Å². The van der Waals surface area contributed by atoms with Gasteiger partial charge in [0.25, 0.3) is 11.8 Å². The Balaban J connectivity index is 1.48. The Hall–Kier alpha value is -4.44. The van der Waals surface area contributed by atoms with E-state index in [0.717, 1.165) is 35.9 Å². The molecule has 2 amide bonds. The maximum absolute atomic E-state index is 13.4. The highest BCUT2D eigenvalue weighted by atomic mass is 16.7. The van der Waals surface area contributed by atoms with Crippen molar-refractivity contribution in [3.63, 3.8) is 0 Å². The summed E-state index contributed by atoms with van der Waals surface area (Å²) in [5.41, 5.74) is 3.47. The Morgan fingerprint density at radius 1 is 0.865 bits per heavy atom. The standard InChI is InChI=1S/C27H24N4O6/c1-30(2)8-3-9-31-11-15(21-17(31)5-7-19-25(21)37-13-35-19)23-22(26(32)29-27(23)33)14-10-28-16-4-6-18-24(20(14)16)36-12-34-18/h4-7,10-11,28H,3,8-9,12-13H2,1-2H3,(H,29,32,33). The molecule has 0 fully saturated rings. The lowest BCUT2D eigenvalue weighted by Gasteiger charge is -2.10. The predicted octanol–water partition coefficient (Wildman–Crippen LogP) is 3.10. The average molecular weight is 501 g/mol. The number of hydrogen-bond donors (Lipinski definition) is 2. The summed E-state index contributed by atoms with van der Waals surface area (Å²) in [6, 6.07) is 7.55. The van der Waals surface area contributed by atoms with Gasteiger partial charge in [0.05, 0.1) is 33.0 Å². The van der Waals surface area contributed by atoms with Crippen molar-refractivity contribution >= 4 is 44.8 Å². The van der Waals surface area contributed by atoms with Crippen LogP contribution < -0.4 is 24.3 Å². The number of amides is 2. The average Bonchev–Trinajstić information content (AvgIpc) is 3.67. The predicted molar refractivity (Wildman–Crippen MR) is 136 cm³/mol. The van der Waals surface area contributed by atoms with Gasteiger partial charge in [0.1, 0.15) is 0 Å². The van der Waals surface area contributed by atoms with Crippen molar-refractivity contribution in [3.05, 3.63) is 47.8 Å². The summed E-state index contributed by atoms with van der Waals surface area (Å²) < 4.78 is 24.9. The van der Waals surface area contributed by atoms with Gasteiger partial charge in [-0.15, -0.1) is 0 Å². The normalized spacial score (nSPS) is 16.2. The number of benzene rings is 2. The smallest absolute Gasteiger partial charge is 0.259 e. The quantitative estimate of drug-likeness (QED) is 0.392. The van der Waals surface area contributed by atoms with E-state index in [4.69, 9.17) is 18.9 Å². The highest BCUT2D eigenvalue weighted by Gasteiger charge is 2.37. The molecule has 37 heavy (non-hydrogen) atoms. The molecule has 7 rings (SSSR count). The molecule has 0 unspecified atom stereocenters. The minimum absolute atomic E-state index is 0.0972. The summed E-state index contributed by atoms with van der Waals surface area (Å²) in [5, 5.41) is 3.96. The van der Waals surface area contributed by atoms with Crippen LogP contribution in [0.3, 0.4) is 0 Å². The van der Waals surface area contributed by atoms with E-state index >= 15 is 0 Å². The van der Waals surface area contributed by atoms with Crippen molar-refractivity contribution in [2.24, 2.45) is 0 Å². The lowest BCUT2D eigenvalue weighted by atomic mass is 9.95. The third kappa shape index (κ3) is 3.22. The first kappa shape index (κ1) is 21.8. The van der Waals surface area contributed by atoms with E-state index in [0.29, 0.717) is 45.1 Å². The zero-order valence-corrected chi connectivity index (χ0v) is 20.3. The third-order valence-electron chi connectivity index (χ3n) is 7.04. The van der Waals surface area contributed by atoms with Crippen molar-refractivity contribution in [2.75, 3.05) is 34.2 Å². The number of nitrogens with one attached hydrogen (secondary N) is 2. The summed E-state index contributed by atoms with van der Waals surface area (Å²) in [7, 11) is 4.07. The number of aryl methyl sites for hydroxylation is 1. The van der Waals surface area contributed by atoms with Gasteiger partial charge < -0.3 is 33.4 Å². The molecule has 0 saturated carbocycles. The first-order chi connectivity index (χ1) is 18.0. The SMILES string of the molecule is CN(C)CCCn1cc(C2=C(c3c[nH]c4ccc5c(c34)OCO5)C(=O)NC2=O)c2c3c(ccc21)OCO3. The third-order valence-corrected chi connectivity index (χ3v) is 7.04. The molecule has 5 heterocycles. The molecule has 0 radical (unpaired) electrons. The van der Waals surface area contributed by atoms with Crippen LogP contribution in [0, 0.1) is 0 Å². The first-order valence-electron chi connectivity index (χ1n) is 12.1. The monoisotopic (exact) mass is 500 g/mol. The van der Waals surface area contributed by atoms with Crippen molar-refractivity contribution in [3.8, 4) is 23.0 Å². The molecule has 0 saturated heterocycles. The molecule has 0 aliphatic carbocycles. The second-order valence-corrected chi connectivity index (χ2v) is 9.54. The minimum atomic E-state index is -0.462. The molecular weight excluding hydrogens is 476 g/mol. The Labute approximate surface area is 211 Å². The summed E-state index contributed by atoms with van der Waals surface area (Å²) >= 11 is 0. The Morgan fingerprint density at radius 3 is 2.27 bits per heavy atom. The number of ether oxygens (including phenoxy) is 4. The van der Waals surface area contributed by atoms with Crippen LogP contribution in [0.4, 0.5) is 0 Å². The van der Waals surface area contributed by atoms with Gasteiger partial charge in [0, 0.05) is 30.1 Å². The second-order valence-electron chi connectivity index (χ2n) is 9.54. The number of fused-ring (bicyclic) bond motifs is 6. The van der Waals surface area contributed by atoms with Gasteiger partial charge >= 0.3 is 0 Å². The van der Waals surface area contributed by atoms with Crippen LogP contribution in [0.2, 0.25) is 0 Å². The molecule has 10 nitrogen and oxygen atoms in total. The van der Waals surface area contributed by atoms with Gasteiger partial charge in [-0.05, 0) is 51.3 Å². The number of carbonyl (C=O) groups excluding carboxylic acids is 2. The van der Waals surface area contributed by atoms with Gasteiger partial charge in [0.15, 0.2) is 23.0 Å². The molecular formula is C27H24N4O6. The van der Waals surface area contributed by atoms with E-state index in [1.807, 2.05) is 44.6 Å². The number of hydrogen-bond acceptors (Lipinski definition) is 7. The van der Waals surface area contributed by atoms with Gasteiger partial charge in [-0.3, -0.25) is 14.9 Å². The van der Waals surface area contributed by atoms with Crippen LogP contribution in [-0.2, 0) is 16.1 Å². The first-order valence-corrected chi connectivity index (χ1v) is 12.1. The van der Waals surface area contributed by atoms with Crippen LogP contribution in [0.1, 0.15) is 17.5 Å². The van der Waals surface area contributed by atoms with Gasteiger partial charge in [0.2, 0.25) is 13.6 Å². The second kappa shape index (κ2) is 8.04. The molecule has 3 aliphatic heterocycles. The molecule has 0 bridgehead atoms. The van der Waals surface area contributed by atoms with Crippen LogP contribution >= 0.6 is 0 Å². The number of aromatic amines is 1. The highest BCUT2D eigenvalue weighted by molar-refractivity contribution is 6.51. The molecule has 10 heteroatoms. The van der Waals surface area contributed by atoms with Crippen LogP contribution in [-0.4, -0.2) is 60.5 Å². The van der Waals surface area contributed by atoms with Gasteiger partial charge in [-0.2, -0.15) is 0 Å². The topological polar surface area (TPSA) is 107 Å². The number of rotatable bonds is 6. The maximum Gasteiger partial charge on any atom is 0.259 e. The van der Waals surface area contributed by atoms with Gasteiger partial charge in [-0.25, -0.2) is 0 Å². The van der Waals surface area contributed by atoms with E-state index in [9.17, 15) is 9.59 Å². The Bertz CT molecular complexity index is 1660. The lowest BCUT2D eigenvalue weighted by Crippen LogP contribution is -2.22. The fraction of sp³-hybridized carbons (Fsp3) is 0.259. The Morgan fingerprint density at radius 2 is 1.54 bits per heavy atom. The van der Waals surface area contributed by atoms with Crippen molar-refractivity contribution in [2.45, 2.75) is 13.0 Å². The van der Waals surface area contributed by atoms with Crippen LogP contribution in [0.5, 0.6) is 23.0 Å². The molecule has 0 atom stereocenters. The fourth-order valence-corrected chi connectivity index (χ4v) is 5.43. The molecule has 2 aromatic heterocycles. The summed E-state index contributed by atoms with van der Waals surface area (Å²) in [5.74, 6) is 1.42. The van der Waals surface area contributed by atoms with Crippen LogP contribution in [0.15, 0.2) is 36.7 Å². The fourth-order valence-electron chi connectivity index (χ4n) is 5.43. The molecule has 188 valence electrons. The number of carbonyl (C=O) groups is 2. The Kier molecular flexibility index (Phi) is 4.74. The highest BCUT2D eigenvalue weighted by Crippen LogP contribution is 2.48. The van der Waals surface area contributed by atoms with E-state index < -0.39 is 11.8 Å². The zero-order chi connectivity index (χ0) is 25.3. The van der Waals surface area contributed by atoms with Crippen molar-refractivity contribution < 1.29 is 28.5 Å². The number of imide groups is 1. The van der Waals surface area contributed by atoms with E-state index in [1.165, 1.54) is 0 Å². The summed E-state index contributed by atoms with van der Waals surface area (Å²) in [6.45, 7) is 1.84. The zero-order valence-electron chi connectivity index (χ0n) is 20.3. The molecule has 4 aromatic rings. The lowest BCUT2D eigenvalue weighted by molar-refractivity contribution is -0.122. The molecule has 2 aromatic carbocycles.